The minimum absolute atomic E-state index is 0.389. The molecule has 3 heteroatoms. The summed E-state index contributed by atoms with van der Waals surface area (Å²) in [7, 11) is 0. The number of nitrogens with two attached hydrogens (primary N) is 1. The van der Waals surface area contributed by atoms with E-state index in [-0.39, 0.29) is 0 Å². The second-order valence-electron chi connectivity index (χ2n) is 4.66. The Hall–Kier alpha value is -0.120. The number of unbranched alkanes of at least 4 members (excludes halogenated alkanes) is 3. The van der Waals surface area contributed by atoms with E-state index in [1.165, 1.54) is 45.2 Å². The number of piperazine rings is 1. The highest BCUT2D eigenvalue weighted by molar-refractivity contribution is 4.73. The van der Waals surface area contributed by atoms with Crippen LogP contribution in [-0.4, -0.2) is 43.7 Å². The predicted molar refractivity (Wildman–Crippen MR) is 66.0 cm³/mol. The van der Waals surface area contributed by atoms with Gasteiger partial charge in [0.25, 0.3) is 0 Å². The van der Waals surface area contributed by atoms with E-state index in [2.05, 4.69) is 17.1 Å². The van der Waals surface area contributed by atoms with Crippen molar-refractivity contribution in [3.05, 3.63) is 0 Å². The van der Waals surface area contributed by atoms with Crippen LogP contribution in [0.4, 0.5) is 0 Å². The van der Waals surface area contributed by atoms with E-state index in [9.17, 15) is 0 Å². The van der Waals surface area contributed by atoms with Crippen molar-refractivity contribution in [1.82, 2.24) is 10.2 Å². The summed E-state index contributed by atoms with van der Waals surface area (Å²) >= 11 is 0. The van der Waals surface area contributed by atoms with Crippen LogP contribution in [0.3, 0.4) is 0 Å². The Balaban J connectivity index is 1.98. The maximum absolute atomic E-state index is 6.12. The molecular formula is C12H27N3. The Morgan fingerprint density at radius 1 is 1.20 bits per heavy atom. The molecule has 1 heterocycles. The second-order valence-corrected chi connectivity index (χ2v) is 4.66. The average molecular weight is 213 g/mol. The van der Waals surface area contributed by atoms with Gasteiger partial charge in [-0.1, -0.05) is 32.6 Å². The fraction of sp³-hybridized carbons (Fsp3) is 1.00. The van der Waals surface area contributed by atoms with Gasteiger partial charge in [0.05, 0.1) is 0 Å². The van der Waals surface area contributed by atoms with E-state index >= 15 is 0 Å². The summed E-state index contributed by atoms with van der Waals surface area (Å²) < 4.78 is 0. The fourth-order valence-corrected chi connectivity index (χ4v) is 2.15. The third kappa shape index (κ3) is 6.13. The van der Waals surface area contributed by atoms with Gasteiger partial charge < -0.3 is 11.1 Å². The Labute approximate surface area is 94.4 Å². The Bertz CT molecular complexity index is 144. The smallest absolute Gasteiger partial charge is 0.0167 e. The number of rotatable bonds is 7. The standard InChI is InChI=1S/C12H27N3/c1-2-3-4-5-6-12(13)11-15-9-7-14-8-10-15/h12,14H,2-11,13H2,1H3. The predicted octanol–water partition coefficient (Wildman–Crippen LogP) is 1.19. The first-order valence-corrected chi connectivity index (χ1v) is 6.51. The Morgan fingerprint density at radius 2 is 1.93 bits per heavy atom. The molecule has 1 unspecified atom stereocenters. The van der Waals surface area contributed by atoms with Gasteiger partial charge in [-0.2, -0.15) is 0 Å². The minimum Gasteiger partial charge on any atom is -0.327 e. The van der Waals surface area contributed by atoms with Gasteiger partial charge in [-0.15, -0.1) is 0 Å². The van der Waals surface area contributed by atoms with Crippen LogP contribution in [-0.2, 0) is 0 Å². The van der Waals surface area contributed by atoms with Crippen LogP contribution >= 0.6 is 0 Å². The van der Waals surface area contributed by atoms with E-state index in [0.29, 0.717) is 6.04 Å². The number of nitrogens with zero attached hydrogens (tertiary/aromatic N) is 1. The minimum atomic E-state index is 0.389. The largest absolute Gasteiger partial charge is 0.327 e. The molecule has 1 rings (SSSR count). The molecule has 0 spiro atoms. The number of hydrogen-bond acceptors (Lipinski definition) is 3. The van der Waals surface area contributed by atoms with Gasteiger partial charge in [0.2, 0.25) is 0 Å². The van der Waals surface area contributed by atoms with Crippen LogP contribution in [0.25, 0.3) is 0 Å². The molecule has 0 radical (unpaired) electrons. The zero-order valence-corrected chi connectivity index (χ0v) is 10.2. The summed E-state index contributed by atoms with van der Waals surface area (Å²) in [4.78, 5) is 2.49. The molecule has 1 saturated heterocycles. The maximum Gasteiger partial charge on any atom is 0.0167 e. The molecule has 1 aliphatic rings. The normalized spacial score (nSPS) is 20.4. The third-order valence-electron chi connectivity index (χ3n) is 3.13. The lowest BCUT2D eigenvalue weighted by molar-refractivity contribution is 0.223. The summed E-state index contributed by atoms with van der Waals surface area (Å²) in [5.74, 6) is 0. The highest BCUT2D eigenvalue weighted by Gasteiger charge is 2.12. The molecule has 0 aliphatic carbocycles. The van der Waals surface area contributed by atoms with Crippen molar-refractivity contribution in [2.75, 3.05) is 32.7 Å². The lowest BCUT2D eigenvalue weighted by atomic mass is 10.1. The summed E-state index contributed by atoms with van der Waals surface area (Å²) in [6.45, 7) is 7.94. The molecular weight excluding hydrogens is 186 g/mol. The molecule has 0 saturated carbocycles. The van der Waals surface area contributed by atoms with Crippen molar-refractivity contribution < 1.29 is 0 Å². The molecule has 1 atom stereocenters. The summed E-state index contributed by atoms with van der Waals surface area (Å²) in [5, 5.41) is 3.37. The zero-order chi connectivity index (χ0) is 10.9. The molecule has 3 nitrogen and oxygen atoms in total. The molecule has 1 aliphatic heterocycles. The van der Waals surface area contributed by atoms with Gasteiger partial charge in [-0.3, -0.25) is 4.90 Å². The van der Waals surface area contributed by atoms with Gasteiger partial charge in [-0.25, -0.2) is 0 Å². The van der Waals surface area contributed by atoms with E-state index < -0.39 is 0 Å². The lowest BCUT2D eigenvalue weighted by Gasteiger charge is -2.29. The molecule has 0 bridgehead atoms. The number of nitrogens with one attached hydrogen (secondary N) is 1. The van der Waals surface area contributed by atoms with E-state index in [4.69, 9.17) is 5.73 Å². The molecule has 1 fully saturated rings. The number of hydrogen-bond donors (Lipinski definition) is 2. The van der Waals surface area contributed by atoms with Crippen molar-refractivity contribution in [2.24, 2.45) is 5.73 Å². The first-order chi connectivity index (χ1) is 7.33. The average Bonchev–Trinajstić information content (AvgIpc) is 2.26. The van der Waals surface area contributed by atoms with E-state index in [1.54, 1.807) is 0 Å². The summed E-state index contributed by atoms with van der Waals surface area (Å²) in [5.41, 5.74) is 6.12. The molecule has 0 aromatic carbocycles. The first kappa shape index (κ1) is 12.9. The quantitative estimate of drug-likeness (QED) is 0.624. The molecule has 90 valence electrons. The molecule has 15 heavy (non-hydrogen) atoms. The van der Waals surface area contributed by atoms with Crippen LogP contribution in [0.1, 0.15) is 39.0 Å². The van der Waals surface area contributed by atoms with E-state index in [1.807, 2.05) is 0 Å². The van der Waals surface area contributed by atoms with Crippen molar-refractivity contribution in [2.45, 2.75) is 45.1 Å². The van der Waals surface area contributed by atoms with Crippen molar-refractivity contribution in [3.63, 3.8) is 0 Å². The van der Waals surface area contributed by atoms with Crippen molar-refractivity contribution in [3.8, 4) is 0 Å². The van der Waals surface area contributed by atoms with Crippen LogP contribution in [0.2, 0.25) is 0 Å². The first-order valence-electron chi connectivity index (χ1n) is 6.51. The van der Waals surface area contributed by atoms with Crippen molar-refractivity contribution in [1.29, 1.82) is 0 Å². The zero-order valence-electron chi connectivity index (χ0n) is 10.2. The van der Waals surface area contributed by atoms with Crippen LogP contribution < -0.4 is 11.1 Å². The topological polar surface area (TPSA) is 41.3 Å². The summed E-state index contributed by atoms with van der Waals surface area (Å²) in [6.07, 6.45) is 6.53. The van der Waals surface area contributed by atoms with Crippen LogP contribution in [0.15, 0.2) is 0 Å². The Kier molecular flexibility index (Phi) is 6.98. The summed E-state index contributed by atoms with van der Waals surface area (Å²) in [6, 6.07) is 0.389. The highest BCUT2D eigenvalue weighted by atomic mass is 15.2. The van der Waals surface area contributed by atoms with Gasteiger partial charge >= 0.3 is 0 Å². The van der Waals surface area contributed by atoms with Gasteiger partial charge in [0.15, 0.2) is 0 Å². The second kappa shape index (κ2) is 8.08. The Morgan fingerprint density at radius 3 is 2.60 bits per heavy atom. The van der Waals surface area contributed by atoms with Gasteiger partial charge in [0, 0.05) is 38.8 Å². The monoisotopic (exact) mass is 213 g/mol. The molecule has 3 N–H and O–H groups in total. The van der Waals surface area contributed by atoms with Gasteiger partial charge in [-0.05, 0) is 6.42 Å². The molecule has 0 aromatic rings. The van der Waals surface area contributed by atoms with Crippen molar-refractivity contribution >= 4 is 0 Å². The third-order valence-corrected chi connectivity index (χ3v) is 3.13. The van der Waals surface area contributed by atoms with E-state index in [0.717, 1.165) is 19.6 Å². The highest BCUT2D eigenvalue weighted by Crippen LogP contribution is 2.05. The molecule has 0 aromatic heterocycles. The molecule has 0 amide bonds. The lowest BCUT2D eigenvalue weighted by Crippen LogP contribution is -2.47. The SMILES string of the molecule is CCCCCCC(N)CN1CCNCC1. The van der Waals surface area contributed by atoms with Gasteiger partial charge in [0.1, 0.15) is 0 Å². The van der Waals surface area contributed by atoms with Crippen LogP contribution in [0.5, 0.6) is 0 Å². The van der Waals surface area contributed by atoms with Crippen LogP contribution in [0, 0.1) is 0 Å². The maximum atomic E-state index is 6.12. The fourth-order valence-electron chi connectivity index (χ4n) is 2.15.